The van der Waals surface area contributed by atoms with Gasteiger partial charge >= 0.3 is 0 Å². The monoisotopic (exact) mass is 313 g/mol. The summed E-state index contributed by atoms with van der Waals surface area (Å²) in [5, 5.41) is 7.55. The van der Waals surface area contributed by atoms with E-state index in [-0.39, 0.29) is 5.91 Å². The first-order chi connectivity index (χ1) is 11.3. The zero-order valence-electron chi connectivity index (χ0n) is 13.5. The van der Waals surface area contributed by atoms with Crippen molar-refractivity contribution < 1.29 is 4.79 Å². The molecule has 2 aromatic heterocycles. The highest BCUT2D eigenvalue weighted by Crippen LogP contribution is 2.18. The van der Waals surface area contributed by atoms with Gasteiger partial charge in [0.1, 0.15) is 5.69 Å². The van der Waals surface area contributed by atoms with Crippen molar-refractivity contribution in [1.82, 2.24) is 25.0 Å². The van der Waals surface area contributed by atoms with Crippen molar-refractivity contribution in [2.45, 2.75) is 19.8 Å². The standard InChI is InChI=1S/C17H23N5O/c1-2-18-13-14-7-11-21(12-8-14)17(23)15-5-3-6-16(20-15)22-10-4-9-19-22/h3-6,9-10,14,18H,2,7-8,11-13H2,1H3. The van der Waals surface area contributed by atoms with E-state index in [1.807, 2.05) is 29.3 Å². The maximum atomic E-state index is 12.7. The largest absolute Gasteiger partial charge is 0.337 e. The van der Waals surface area contributed by atoms with E-state index in [1.165, 1.54) is 0 Å². The number of pyridine rings is 1. The Balaban J connectivity index is 1.64. The molecule has 0 aromatic carbocycles. The van der Waals surface area contributed by atoms with E-state index in [0.717, 1.165) is 39.0 Å². The zero-order chi connectivity index (χ0) is 16.1. The number of carbonyl (C=O) groups is 1. The van der Waals surface area contributed by atoms with Crippen LogP contribution in [0.3, 0.4) is 0 Å². The highest BCUT2D eigenvalue weighted by atomic mass is 16.2. The number of amides is 1. The second-order valence-electron chi connectivity index (χ2n) is 5.87. The Morgan fingerprint density at radius 2 is 2.13 bits per heavy atom. The fourth-order valence-electron chi connectivity index (χ4n) is 2.92. The first kappa shape index (κ1) is 15.7. The summed E-state index contributed by atoms with van der Waals surface area (Å²) in [6.07, 6.45) is 5.63. The highest BCUT2D eigenvalue weighted by Gasteiger charge is 2.24. The second kappa shape index (κ2) is 7.37. The van der Waals surface area contributed by atoms with Gasteiger partial charge in [0.05, 0.1) is 0 Å². The van der Waals surface area contributed by atoms with E-state index >= 15 is 0 Å². The van der Waals surface area contributed by atoms with Crippen LogP contribution in [0, 0.1) is 5.92 Å². The second-order valence-corrected chi connectivity index (χ2v) is 5.87. The lowest BCUT2D eigenvalue weighted by Gasteiger charge is -2.32. The molecular weight excluding hydrogens is 290 g/mol. The molecule has 1 N–H and O–H groups in total. The number of hydrogen-bond donors (Lipinski definition) is 1. The van der Waals surface area contributed by atoms with Crippen LogP contribution in [0.1, 0.15) is 30.3 Å². The van der Waals surface area contributed by atoms with Gasteiger partial charge in [-0.15, -0.1) is 0 Å². The Kier molecular flexibility index (Phi) is 5.02. The van der Waals surface area contributed by atoms with Crippen molar-refractivity contribution in [3.8, 4) is 5.82 Å². The van der Waals surface area contributed by atoms with Crippen molar-refractivity contribution >= 4 is 5.91 Å². The molecule has 0 bridgehead atoms. The van der Waals surface area contributed by atoms with Gasteiger partial charge in [-0.05, 0) is 50.0 Å². The lowest BCUT2D eigenvalue weighted by atomic mass is 9.96. The van der Waals surface area contributed by atoms with Crippen molar-refractivity contribution in [3.63, 3.8) is 0 Å². The first-order valence-electron chi connectivity index (χ1n) is 8.25. The Morgan fingerprint density at radius 3 is 2.83 bits per heavy atom. The summed E-state index contributed by atoms with van der Waals surface area (Å²) in [6, 6.07) is 7.33. The third-order valence-corrected chi connectivity index (χ3v) is 4.28. The van der Waals surface area contributed by atoms with Gasteiger partial charge in [-0.1, -0.05) is 13.0 Å². The fourth-order valence-corrected chi connectivity index (χ4v) is 2.92. The van der Waals surface area contributed by atoms with Gasteiger partial charge in [0.25, 0.3) is 5.91 Å². The number of piperidine rings is 1. The first-order valence-corrected chi connectivity index (χ1v) is 8.25. The van der Waals surface area contributed by atoms with Gasteiger partial charge in [0.15, 0.2) is 5.82 Å². The van der Waals surface area contributed by atoms with Gasteiger partial charge in [-0.3, -0.25) is 4.79 Å². The average molecular weight is 313 g/mol. The quantitative estimate of drug-likeness (QED) is 0.913. The third-order valence-electron chi connectivity index (χ3n) is 4.28. The Bertz CT molecular complexity index is 632. The SMILES string of the molecule is CCNCC1CCN(C(=O)c2cccc(-n3cccn3)n2)CC1. The Morgan fingerprint density at radius 1 is 1.30 bits per heavy atom. The molecule has 2 aromatic rings. The predicted molar refractivity (Wildman–Crippen MR) is 88.5 cm³/mol. The Labute approximate surface area is 136 Å². The van der Waals surface area contributed by atoms with E-state index in [2.05, 4.69) is 22.3 Å². The van der Waals surface area contributed by atoms with Crippen LogP contribution in [0.4, 0.5) is 0 Å². The number of hydrogen-bond acceptors (Lipinski definition) is 4. The minimum atomic E-state index is 0.0147. The molecule has 0 aliphatic carbocycles. The minimum absolute atomic E-state index is 0.0147. The average Bonchev–Trinajstić information content (AvgIpc) is 3.14. The summed E-state index contributed by atoms with van der Waals surface area (Å²) in [5.74, 6) is 1.35. The molecule has 1 saturated heterocycles. The summed E-state index contributed by atoms with van der Waals surface area (Å²) in [4.78, 5) is 19.0. The fraction of sp³-hybridized carbons (Fsp3) is 0.471. The van der Waals surface area contributed by atoms with E-state index in [9.17, 15) is 4.79 Å². The topological polar surface area (TPSA) is 63.1 Å². The lowest BCUT2D eigenvalue weighted by molar-refractivity contribution is 0.0684. The van der Waals surface area contributed by atoms with Crippen LogP contribution in [0.15, 0.2) is 36.7 Å². The molecule has 1 fully saturated rings. The molecule has 6 heteroatoms. The van der Waals surface area contributed by atoms with E-state index in [0.29, 0.717) is 17.4 Å². The molecule has 6 nitrogen and oxygen atoms in total. The van der Waals surface area contributed by atoms with Gasteiger partial charge < -0.3 is 10.2 Å². The van der Waals surface area contributed by atoms with E-state index in [4.69, 9.17) is 0 Å². The van der Waals surface area contributed by atoms with Gasteiger partial charge in [0.2, 0.25) is 0 Å². The lowest BCUT2D eigenvalue weighted by Crippen LogP contribution is -2.41. The molecule has 0 unspecified atom stereocenters. The van der Waals surface area contributed by atoms with Crippen LogP contribution in [-0.4, -0.2) is 51.8 Å². The van der Waals surface area contributed by atoms with E-state index in [1.54, 1.807) is 16.9 Å². The van der Waals surface area contributed by atoms with Crippen molar-refractivity contribution in [1.29, 1.82) is 0 Å². The predicted octanol–water partition coefficient (Wildman–Crippen LogP) is 1.73. The van der Waals surface area contributed by atoms with Crippen molar-refractivity contribution in [2.75, 3.05) is 26.2 Å². The molecule has 1 amide bonds. The van der Waals surface area contributed by atoms with Gasteiger partial charge in [0, 0.05) is 25.5 Å². The highest BCUT2D eigenvalue weighted by molar-refractivity contribution is 5.92. The summed E-state index contributed by atoms with van der Waals surface area (Å²) < 4.78 is 1.67. The summed E-state index contributed by atoms with van der Waals surface area (Å²) in [7, 11) is 0. The maximum absolute atomic E-state index is 12.7. The smallest absolute Gasteiger partial charge is 0.272 e. The molecule has 0 spiro atoms. The Hall–Kier alpha value is -2.21. The van der Waals surface area contributed by atoms with Crippen LogP contribution in [0.25, 0.3) is 5.82 Å². The molecule has 3 heterocycles. The molecule has 1 aliphatic heterocycles. The van der Waals surface area contributed by atoms with Crippen molar-refractivity contribution in [2.24, 2.45) is 5.92 Å². The molecule has 0 atom stereocenters. The number of carbonyl (C=O) groups excluding carboxylic acids is 1. The molecule has 1 aliphatic rings. The number of likely N-dealkylation sites (tertiary alicyclic amines) is 1. The van der Waals surface area contributed by atoms with Crippen LogP contribution >= 0.6 is 0 Å². The van der Waals surface area contributed by atoms with Gasteiger partial charge in [-0.2, -0.15) is 5.10 Å². The number of rotatable bonds is 5. The summed E-state index contributed by atoms with van der Waals surface area (Å²) in [5.41, 5.74) is 0.489. The van der Waals surface area contributed by atoms with E-state index < -0.39 is 0 Å². The number of nitrogens with zero attached hydrogens (tertiary/aromatic N) is 4. The van der Waals surface area contributed by atoms with Gasteiger partial charge in [-0.25, -0.2) is 9.67 Å². The number of aromatic nitrogens is 3. The minimum Gasteiger partial charge on any atom is -0.337 e. The molecule has 122 valence electrons. The molecule has 0 radical (unpaired) electrons. The van der Waals surface area contributed by atoms with Crippen LogP contribution in [0.2, 0.25) is 0 Å². The van der Waals surface area contributed by atoms with Crippen LogP contribution in [-0.2, 0) is 0 Å². The van der Waals surface area contributed by atoms with Crippen LogP contribution < -0.4 is 5.32 Å². The maximum Gasteiger partial charge on any atom is 0.272 e. The summed E-state index contributed by atoms with van der Waals surface area (Å²) in [6.45, 7) is 5.79. The van der Waals surface area contributed by atoms with Crippen LogP contribution in [0.5, 0.6) is 0 Å². The third kappa shape index (κ3) is 3.76. The zero-order valence-corrected chi connectivity index (χ0v) is 13.5. The molecular formula is C17H23N5O. The summed E-state index contributed by atoms with van der Waals surface area (Å²) >= 11 is 0. The molecule has 23 heavy (non-hydrogen) atoms. The molecule has 3 rings (SSSR count). The van der Waals surface area contributed by atoms with Crippen molar-refractivity contribution in [3.05, 3.63) is 42.4 Å². The normalized spacial score (nSPS) is 15.8. The number of nitrogens with one attached hydrogen (secondary N) is 1. The molecule has 0 saturated carbocycles.